The van der Waals surface area contributed by atoms with Crippen LogP contribution in [0.5, 0.6) is 0 Å². The van der Waals surface area contributed by atoms with Crippen LogP contribution in [-0.4, -0.2) is 18.3 Å². The van der Waals surface area contributed by atoms with Crippen LogP contribution >= 0.6 is 0 Å². The van der Waals surface area contributed by atoms with E-state index >= 15 is 0 Å². The monoisotopic (exact) mass is 215 g/mol. The molecular formula is C5H3F8. The third-order valence-corrected chi connectivity index (χ3v) is 1.05. The maximum atomic E-state index is 11.8. The summed E-state index contributed by atoms with van der Waals surface area (Å²) < 4.78 is 92.2. The van der Waals surface area contributed by atoms with Crippen LogP contribution in [0.4, 0.5) is 35.1 Å². The SMILES string of the molecule is F[C](F)C(F)(F)CC(F)(F)C(F)F. The van der Waals surface area contributed by atoms with E-state index in [2.05, 4.69) is 0 Å². The second-order valence-corrected chi connectivity index (χ2v) is 2.20. The average molecular weight is 215 g/mol. The predicted octanol–water partition coefficient (Wildman–Crippen LogP) is 3.34. The second kappa shape index (κ2) is 3.67. The molecule has 8 heteroatoms. The quantitative estimate of drug-likeness (QED) is 0.631. The third-order valence-electron chi connectivity index (χ3n) is 1.05. The molecule has 0 amide bonds. The van der Waals surface area contributed by atoms with Crippen molar-refractivity contribution in [1.29, 1.82) is 0 Å². The number of halogens is 8. The molecule has 79 valence electrons. The van der Waals surface area contributed by atoms with Crippen LogP contribution in [0.15, 0.2) is 0 Å². The van der Waals surface area contributed by atoms with Crippen molar-refractivity contribution in [3.8, 4) is 0 Å². The van der Waals surface area contributed by atoms with E-state index in [1.807, 2.05) is 0 Å². The Bertz CT molecular complexity index is 144. The molecule has 0 N–H and O–H groups in total. The first kappa shape index (κ1) is 12.4. The van der Waals surface area contributed by atoms with Crippen molar-refractivity contribution in [2.24, 2.45) is 0 Å². The number of rotatable bonds is 4. The fraction of sp³-hybridized carbons (Fsp3) is 0.800. The van der Waals surface area contributed by atoms with Gasteiger partial charge in [0.2, 0.25) is 0 Å². The molecule has 1 radical (unpaired) electrons. The first-order valence-corrected chi connectivity index (χ1v) is 2.82. The van der Waals surface area contributed by atoms with Crippen LogP contribution in [-0.2, 0) is 0 Å². The van der Waals surface area contributed by atoms with Crippen molar-refractivity contribution in [2.75, 3.05) is 0 Å². The van der Waals surface area contributed by atoms with Gasteiger partial charge in [0.05, 0.1) is 6.42 Å². The summed E-state index contributed by atoms with van der Waals surface area (Å²) in [7, 11) is 0. The highest BCUT2D eigenvalue weighted by molar-refractivity contribution is 4.89. The number of hydrogen-bond acceptors (Lipinski definition) is 0. The maximum absolute atomic E-state index is 11.8. The minimum Gasteiger partial charge on any atom is -0.204 e. The Balaban J connectivity index is 4.42. The Kier molecular flexibility index (Phi) is 3.51. The van der Waals surface area contributed by atoms with Crippen molar-refractivity contribution in [3.63, 3.8) is 0 Å². The molecule has 0 saturated carbocycles. The Morgan fingerprint density at radius 2 is 1.38 bits per heavy atom. The minimum atomic E-state index is -5.18. The van der Waals surface area contributed by atoms with Crippen molar-refractivity contribution < 1.29 is 35.1 Å². The normalized spacial score (nSPS) is 14.3. The first-order chi connectivity index (χ1) is 5.59. The molecule has 0 aliphatic heterocycles. The van der Waals surface area contributed by atoms with Gasteiger partial charge in [-0.1, -0.05) is 0 Å². The van der Waals surface area contributed by atoms with Crippen molar-refractivity contribution in [2.45, 2.75) is 24.7 Å². The fourth-order valence-corrected chi connectivity index (χ4v) is 0.440. The van der Waals surface area contributed by atoms with Gasteiger partial charge in [0.1, 0.15) is 0 Å². The van der Waals surface area contributed by atoms with E-state index in [0.29, 0.717) is 0 Å². The van der Waals surface area contributed by atoms with Crippen LogP contribution in [0.2, 0.25) is 0 Å². The highest BCUT2D eigenvalue weighted by Crippen LogP contribution is 2.41. The molecule has 0 unspecified atom stereocenters. The zero-order valence-corrected chi connectivity index (χ0v) is 5.81. The average Bonchev–Trinajstić information content (AvgIpc) is 1.83. The molecule has 0 fully saturated rings. The van der Waals surface area contributed by atoms with Gasteiger partial charge in [0.25, 0.3) is 0 Å². The summed E-state index contributed by atoms with van der Waals surface area (Å²) in [5.74, 6) is -10.3. The second-order valence-electron chi connectivity index (χ2n) is 2.20. The Labute approximate surface area is 67.5 Å². The lowest BCUT2D eigenvalue weighted by atomic mass is 10.1. The lowest BCUT2D eigenvalue weighted by molar-refractivity contribution is -0.189. The predicted molar refractivity (Wildman–Crippen MR) is 26.0 cm³/mol. The highest BCUT2D eigenvalue weighted by Gasteiger charge is 2.55. The first-order valence-electron chi connectivity index (χ1n) is 2.82. The zero-order valence-electron chi connectivity index (χ0n) is 5.81. The smallest absolute Gasteiger partial charge is 0.204 e. The van der Waals surface area contributed by atoms with Crippen LogP contribution in [0.3, 0.4) is 0 Å². The van der Waals surface area contributed by atoms with Crippen molar-refractivity contribution in [3.05, 3.63) is 6.43 Å². The molecule has 0 atom stereocenters. The molecule has 0 saturated heterocycles. The summed E-state index contributed by atoms with van der Waals surface area (Å²) in [5, 5.41) is 0. The lowest BCUT2D eigenvalue weighted by Gasteiger charge is -2.20. The third kappa shape index (κ3) is 3.35. The van der Waals surface area contributed by atoms with E-state index < -0.39 is 31.1 Å². The van der Waals surface area contributed by atoms with Gasteiger partial charge in [-0.15, -0.1) is 0 Å². The molecule has 0 aromatic carbocycles. The van der Waals surface area contributed by atoms with E-state index in [0.717, 1.165) is 0 Å². The minimum absolute atomic E-state index is 2.89. The molecule has 0 aromatic rings. The van der Waals surface area contributed by atoms with Gasteiger partial charge in [0.15, 0.2) is 0 Å². The van der Waals surface area contributed by atoms with Gasteiger partial charge in [-0.2, -0.15) is 17.6 Å². The largest absolute Gasteiger partial charge is 0.378 e. The highest BCUT2D eigenvalue weighted by atomic mass is 19.3. The summed E-state index contributed by atoms with van der Waals surface area (Å²) in [5.41, 5.74) is 0. The van der Waals surface area contributed by atoms with E-state index in [9.17, 15) is 35.1 Å². The topological polar surface area (TPSA) is 0 Å². The van der Waals surface area contributed by atoms with E-state index in [-0.39, 0.29) is 0 Å². The van der Waals surface area contributed by atoms with Gasteiger partial charge in [-0.05, 0) is 0 Å². The van der Waals surface area contributed by atoms with Gasteiger partial charge in [0, 0.05) is 0 Å². The molecule has 0 rings (SSSR count). The van der Waals surface area contributed by atoms with Gasteiger partial charge in [-0.25, -0.2) is 17.6 Å². The summed E-state index contributed by atoms with van der Waals surface area (Å²) in [6, 6.07) is 0. The molecule has 0 aromatic heterocycles. The van der Waals surface area contributed by atoms with Crippen molar-refractivity contribution in [1.82, 2.24) is 0 Å². The Morgan fingerprint density at radius 3 is 1.62 bits per heavy atom. The number of hydrogen-bond donors (Lipinski definition) is 0. The van der Waals surface area contributed by atoms with Crippen molar-refractivity contribution >= 4 is 0 Å². The molecule has 0 bridgehead atoms. The molecule has 0 nitrogen and oxygen atoms in total. The Hall–Kier alpha value is -0.560. The molecule has 0 aliphatic carbocycles. The van der Waals surface area contributed by atoms with Crippen LogP contribution in [0, 0.1) is 6.43 Å². The summed E-state index contributed by atoms with van der Waals surface area (Å²) in [6.07, 6.45) is -10.9. The van der Waals surface area contributed by atoms with E-state index in [1.165, 1.54) is 0 Å². The summed E-state index contributed by atoms with van der Waals surface area (Å²) in [4.78, 5) is 0. The van der Waals surface area contributed by atoms with E-state index in [1.54, 1.807) is 0 Å². The fourth-order valence-electron chi connectivity index (χ4n) is 0.440. The molecule has 0 heterocycles. The van der Waals surface area contributed by atoms with Gasteiger partial charge >= 0.3 is 24.7 Å². The molecule has 0 aliphatic rings. The van der Waals surface area contributed by atoms with Crippen LogP contribution < -0.4 is 0 Å². The molecule has 13 heavy (non-hydrogen) atoms. The standard InChI is InChI=1S/C5H3F8/c6-2(7)4(10,11)1-5(12,13)3(8)9/h2H,1H2. The summed E-state index contributed by atoms with van der Waals surface area (Å²) >= 11 is 0. The van der Waals surface area contributed by atoms with E-state index in [4.69, 9.17) is 0 Å². The maximum Gasteiger partial charge on any atom is 0.378 e. The van der Waals surface area contributed by atoms with Crippen LogP contribution in [0.1, 0.15) is 6.42 Å². The Morgan fingerprint density at radius 1 is 1.00 bits per heavy atom. The van der Waals surface area contributed by atoms with Gasteiger partial charge in [-0.3, -0.25) is 0 Å². The number of alkyl halides is 6. The summed E-state index contributed by atoms with van der Waals surface area (Å²) in [6.45, 7) is 0. The molecule has 0 spiro atoms. The lowest BCUT2D eigenvalue weighted by Crippen LogP contribution is -2.36. The molecular weight excluding hydrogens is 212 g/mol. The zero-order chi connectivity index (χ0) is 10.9. The van der Waals surface area contributed by atoms with Crippen LogP contribution in [0.25, 0.3) is 0 Å². The van der Waals surface area contributed by atoms with Gasteiger partial charge < -0.3 is 0 Å².